The van der Waals surface area contributed by atoms with E-state index in [-0.39, 0.29) is 61.9 Å². The van der Waals surface area contributed by atoms with Crippen molar-refractivity contribution >= 4 is 70.3 Å². The van der Waals surface area contributed by atoms with Crippen LogP contribution in [0.15, 0.2) is 96.0 Å². The standard InChI is InChI=1S/C46H44FN9O6S/c47-37-22-31(11-13-32(37)28-20-35(43(48)51-23-28)26-10-12-33-27(19-26)16-18-50-44(33)60)63-55-30-6-3-5-29(21-30)52-42(59)24-49-17-2-1-9-40(57)53-38-8-4-7-34-36(38)25-56(46(34)62)39-14-15-41(58)54-45(39)61/h3-8,10-13,19-23,39,49,55H,1-2,9,14-18,24-25H2,(H2,48,51)(H,50,60)(H,52,59)(H,53,57)(H,54,58,61). The van der Waals surface area contributed by atoms with Crippen molar-refractivity contribution in [1.29, 1.82) is 0 Å². The fourth-order valence-corrected chi connectivity index (χ4v) is 8.54. The molecule has 3 aliphatic rings. The molecule has 1 saturated heterocycles. The number of imide groups is 1. The molecule has 0 spiro atoms. The minimum Gasteiger partial charge on any atom is -0.383 e. The van der Waals surface area contributed by atoms with Gasteiger partial charge in [-0.15, -0.1) is 0 Å². The van der Waals surface area contributed by atoms with Gasteiger partial charge in [0.15, 0.2) is 0 Å². The first-order valence-corrected chi connectivity index (χ1v) is 21.4. The molecular weight excluding hydrogens is 826 g/mol. The van der Waals surface area contributed by atoms with E-state index in [1.165, 1.54) is 29.1 Å². The number of carbonyl (C=O) groups is 6. The van der Waals surface area contributed by atoms with Crippen LogP contribution in [-0.2, 0) is 32.1 Å². The number of unbranched alkanes of at least 4 members (excludes halogenated alkanes) is 1. The van der Waals surface area contributed by atoms with Crippen LogP contribution < -0.4 is 37.0 Å². The smallest absolute Gasteiger partial charge is 0.255 e. The number of anilines is 4. The van der Waals surface area contributed by atoms with Gasteiger partial charge in [0.1, 0.15) is 17.7 Å². The second kappa shape index (κ2) is 18.9. The summed E-state index contributed by atoms with van der Waals surface area (Å²) in [5, 5.41) is 14.0. The first-order valence-electron chi connectivity index (χ1n) is 20.6. The largest absolute Gasteiger partial charge is 0.383 e. The summed E-state index contributed by atoms with van der Waals surface area (Å²) < 4.78 is 18.7. The molecule has 0 saturated carbocycles. The van der Waals surface area contributed by atoms with Crippen molar-refractivity contribution in [2.75, 3.05) is 40.7 Å². The average Bonchev–Trinajstić information content (AvgIpc) is 3.60. The normalized spacial score (nSPS) is 15.6. The van der Waals surface area contributed by atoms with E-state index in [4.69, 9.17) is 5.73 Å². The van der Waals surface area contributed by atoms with Crippen molar-refractivity contribution in [3.8, 4) is 22.3 Å². The number of nitrogens with one attached hydrogen (secondary N) is 6. The molecule has 4 aromatic carbocycles. The number of hydrogen-bond donors (Lipinski definition) is 7. The Labute approximate surface area is 366 Å². The van der Waals surface area contributed by atoms with Crippen LogP contribution in [0.5, 0.6) is 0 Å². The van der Waals surface area contributed by atoms with Crippen molar-refractivity contribution in [2.24, 2.45) is 0 Å². The maximum absolute atomic E-state index is 15.5. The predicted molar refractivity (Wildman–Crippen MR) is 238 cm³/mol. The highest BCUT2D eigenvalue weighted by Gasteiger charge is 2.40. The molecule has 63 heavy (non-hydrogen) atoms. The molecule has 6 amide bonds. The van der Waals surface area contributed by atoms with E-state index < -0.39 is 17.8 Å². The number of hydrogen-bond acceptors (Lipinski definition) is 11. The number of amides is 6. The Morgan fingerprint density at radius 3 is 2.51 bits per heavy atom. The number of piperidine rings is 1. The van der Waals surface area contributed by atoms with E-state index in [2.05, 4.69) is 36.3 Å². The molecule has 0 radical (unpaired) electrons. The second-order valence-corrected chi connectivity index (χ2v) is 16.3. The number of carbonyl (C=O) groups excluding carboxylic acids is 6. The van der Waals surface area contributed by atoms with Crippen LogP contribution in [0.2, 0.25) is 0 Å². The Balaban J connectivity index is 0.761. The van der Waals surface area contributed by atoms with Crippen LogP contribution >= 0.6 is 11.9 Å². The van der Waals surface area contributed by atoms with Gasteiger partial charge in [0, 0.05) is 87.5 Å². The van der Waals surface area contributed by atoms with E-state index in [0.717, 1.165) is 11.1 Å². The SMILES string of the molecule is Nc1ncc(-c2ccc(SNc3cccc(NC(=O)CNCCCCC(=O)Nc4cccc5c4CN(C4CCC(=O)NC4=O)C5=O)c3)cc2F)cc1-c1ccc2c(c1)CCNC2=O. The zero-order chi connectivity index (χ0) is 44.0. The maximum atomic E-state index is 15.5. The molecule has 0 aliphatic carbocycles. The minimum absolute atomic E-state index is 0.0646. The quantitative estimate of drug-likeness (QED) is 0.0388. The number of nitrogens with zero attached hydrogens (tertiary/aromatic N) is 2. The highest BCUT2D eigenvalue weighted by Crippen LogP contribution is 2.35. The Morgan fingerprint density at radius 2 is 1.67 bits per heavy atom. The summed E-state index contributed by atoms with van der Waals surface area (Å²) in [4.78, 5) is 81.2. The molecule has 3 aliphatic heterocycles. The number of nitrogens with two attached hydrogens (primary N) is 1. The van der Waals surface area contributed by atoms with Crippen molar-refractivity contribution < 1.29 is 33.2 Å². The minimum atomic E-state index is -0.741. The van der Waals surface area contributed by atoms with E-state index >= 15 is 4.39 Å². The summed E-state index contributed by atoms with van der Waals surface area (Å²) in [5.74, 6) is -1.85. The van der Waals surface area contributed by atoms with Crippen molar-refractivity contribution in [3.63, 3.8) is 0 Å². The third kappa shape index (κ3) is 9.84. The number of benzene rings is 4. The topological polar surface area (TPSA) is 217 Å². The predicted octanol–water partition coefficient (Wildman–Crippen LogP) is 5.64. The molecule has 322 valence electrons. The van der Waals surface area contributed by atoms with Gasteiger partial charge < -0.3 is 36.6 Å². The van der Waals surface area contributed by atoms with Gasteiger partial charge in [-0.1, -0.05) is 30.3 Å². The van der Waals surface area contributed by atoms with Gasteiger partial charge in [-0.05, 0) is 110 Å². The Kier molecular flexibility index (Phi) is 12.8. The van der Waals surface area contributed by atoms with Crippen LogP contribution in [-0.4, -0.2) is 71.0 Å². The molecule has 1 aromatic heterocycles. The van der Waals surface area contributed by atoms with Gasteiger partial charge in [-0.3, -0.25) is 34.1 Å². The molecule has 1 atom stereocenters. The third-order valence-corrected chi connectivity index (χ3v) is 11.9. The van der Waals surface area contributed by atoms with Crippen molar-refractivity contribution in [1.82, 2.24) is 25.8 Å². The van der Waals surface area contributed by atoms with E-state index in [0.29, 0.717) is 93.5 Å². The molecule has 1 fully saturated rings. The van der Waals surface area contributed by atoms with Crippen LogP contribution in [0.3, 0.4) is 0 Å². The summed E-state index contributed by atoms with van der Waals surface area (Å²) in [6.07, 6.45) is 4.10. The third-order valence-electron chi connectivity index (χ3n) is 11.1. The van der Waals surface area contributed by atoms with Gasteiger partial charge in [-0.25, -0.2) is 9.37 Å². The number of aromatic nitrogens is 1. The van der Waals surface area contributed by atoms with Crippen LogP contribution in [0.4, 0.5) is 27.3 Å². The van der Waals surface area contributed by atoms with Gasteiger partial charge in [0.25, 0.3) is 11.8 Å². The number of rotatable bonds is 15. The monoisotopic (exact) mass is 869 g/mol. The van der Waals surface area contributed by atoms with Crippen LogP contribution in [0, 0.1) is 5.82 Å². The van der Waals surface area contributed by atoms with Crippen LogP contribution in [0.1, 0.15) is 63.9 Å². The van der Waals surface area contributed by atoms with E-state index in [1.54, 1.807) is 60.7 Å². The zero-order valence-electron chi connectivity index (χ0n) is 34.0. The maximum Gasteiger partial charge on any atom is 0.255 e. The van der Waals surface area contributed by atoms with E-state index in [1.807, 2.05) is 18.2 Å². The number of nitrogen functional groups attached to an aromatic ring is 1. The Hall–Kier alpha value is -7.11. The number of fused-ring (bicyclic) bond motifs is 2. The summed E-state index contributed by atoms with van der Waals surface area (Å²) in [7, 11) is 0. The lowest BCUT2D eigenvalue weighted by Crippen LogP contribution is -2.52. The molecule has 4 heterocycles. The lowest BCUT2D eigenvalue weighted by molar-refractivity contribution is -0.137. The molecular formula is C46H44FN9O6S. The van der Waals surface area contributed by atoms with Gasteiger partial charge in [0.2, 0.25) is 23.6 Å². The van der Waals surface area contributed by atoms with Gasteiger partial charge in [-0.2, -0.15) is 0 Å². The summed E-state index contributed by atoms with van der Waals surface area (Å²) in [6.45, 7) is 1.30. The number of pyridine rings is 1. The molecule has 1 unspecified atom stereocenters. The molecule has 15 nitrogen and oxygen atoms in total. The highest BCUT2D eigenvalue weighted by molar-refractivity contribution is 8.00. The molecule has 5 aromatic rings. The fraction of sp³-hybridized carbons (Fsp3) is 0.239. The van der Waals surface area contributed by atoms with Gasteiger partial charge in [0.05, 0.1) is 6.54 Å². The summed E-state index contributed by atoms with van der Waals surface area (Å²) >= 11 is 1.22. The zero-order valence-corrected chi connectivity index (χ0v) is 34.8. The average molecular weight is 870 g/mol. The lowest BCUT2D eigenvalue weighted by atomic mass is 9.94. The Bertz CT molecular complexity index is 2660. The Morgan fingerprint density at radius 1 is 0.841 bits per heavy atom. The lowest BCUT2D eigenvalue weighted by Gasteiger charge is -2.29. The molecule has 8 N–H and O–H groups in total. The summed E-state index contributed by atoms with van der Waals surface area (Å²) in [6, 6.07) is 23.7. The van der Waals surface area contributed by atoms with Crippen molar-refractivity contribution in [2.45, 2.75) is 56.0 Å². The summed E-state index contributed by atoms with van der Waals surface area (Å²) in [5.41, 5.74) is 13.0. The van der Waals surface area contributed by atoms with Crippen molar-refractivity contribution in [3.05, 3.63) is 119 Å². The highest BCUT2D eigenvalue weighted by atomic mass is 32.2. The molecule has 8 rings (SSSR count). The number of halogens is 1. The first-order chi connectivity index (χ1) is 30.5. The molecule has 0 bridgehead atoms. The molecule has 17 heteroatoms. The van der Waals surface area contributed by atoms with Gasteiger partial charge >= 0.3 is 0 Å². The van der Waals surface area contributed by atoms with Crippen LogP contribution in [0.25, 0.3) is 22.3 Å². The first kappa shape index (κ1) is 42.6. The van der Waals surface area contributed by atoms with E-state index in [9.17, 15) is 28.8 Å². The second-order valence-electron chi connectivity index (χ2n) is 15.4. The fourth-order valence-electron chi connectivity index (χ4n) is 7.88.